The average Bonchev–Trinajstić information content (AvgIpc) is 2.87. The number of hydrogen-bond acceptors (Lipinski definition) is 6. The van der Waals surface area contributed by atoms with E-state index in [1.807, 2.05) is 13.0 Å². The molecule has 2 aromatic rings. The second kappa shape index (κ2) is 5.10. The van der Waals surface area contributed by atoms with Crippen LogP contribution in [0, 0.1) is 6.92 Å². The molecule has 0 unspecified atom stereocenters. The highest BCUT2D eigenvalue weighted by Gasteiger charge is 2.19. The van der Waals surface area contributed by atoms with E-state index in [0.717, 1.165) is 44.2 Å². The molecular weight excluding hydrogens is 244 g/mol. The molecule has 102 valence electrons. The van der Waals surface area contributed by atoms with Crippen molar-refractivity contribution >= 4 is 11.6 Å². The van der Waals surface area contributed by atoms with E-state index < -0.39 is 0 Å². The Hall–Kier alpha value is -1.73. The molecule has 1 N–H and O–H groups in total. The highest BCUT2D eigenvalue weighted by Crippen LogP contribution is 2.17. The SMILES string of the molecule is Cc1cc(N2CCN(CCO)CC2)n2ncnc2n1. The lowest BCUT2D eigenvalue weighted by Crippen LogP contribution is -2.47. The van der Waals surface area contributed by atoms with Gasteiger partial charge in [0.2, 0.25) is 0 Å². The van der Waals surface area contributed by atoms with Crippen LogP contribution in [0.2, 0.25) is 0 Å². The highest BCUT2D eigenvalue weighted by molar-refractivity contribution is 5.47. The number of rotatable bonds is 3. The normalized spacial score (nSPS) is 17.3. The molecule has 1 saturated heterocycles. The zero-order valence-electron chi connectivity index (χ0n) is 11.0. The van der Waals surface area contributed by atoms with E-state index in [2.05, 4.69) is 24.9 Å². The minimum Gasteiger partial charge on any atom is -0.395 e. The summed E-state index contributed by atoms with van der Waals surface area (Å²) in [7, 11) is 0. The van der Waals surface area contributed by atoms with E-state index in [-0.39, 0.29) is 6.61 Å². The summed E-state index contributed by atoms with van der Waals surface area (Å²) in [4.78, 5) is 13.1. The number of piperazine rings is 1. The first-order chi connectivity index (χ1) is 9.28. The highest BCUT2D eigenvalue weighted by atomic mass is 16.3. The standard InChI is InChI=1S/C12H18N6O/c1-10-8-11(18-12(15-10)13-9-14-18)17-4-2-16(3-5-17)6-7-19/h8-9,19H,2-7H2,1H3. The number of anilines is 1. The van der Waals surface area contributed by atoms with Crippen molar-refractivity contribution in [1.82, 2.24) is 24.5 Å². The number of β-amino-alcohol motifs (C(OH)–C–C–N with tert-alkyl or cyclic N) is 1. The minimum absolute atomic E-state index is 0.224. The topological polar surface area (TPSA) is 69.8 Å². The van der Waals surface area contributed by atoms with Crippen molar-refractivity contribution in [2.24, 2.45) is 0 Å². The Labute approximate surface area is 111 Å². The van der Waals surface area contributed by atoms with E-state index in [9.17, 15) is 0 Å². The monoisotopic (exact) mass is 262 g/mol. The van der Waals surface area contributed by atoms with Crippen LogP contribution in [0.3, 0.4) is 0 Å². The van der Waals surface area contributed by atoms with Crippen LogP contribution in [-0.2, 0) is 0 Å². The first-order valence-electron chi connectivity index (χ1n) is 6.53. The Morgan fingerprint density at radius 3 is 2.79 bits per heavy atom. The van der Waals surface area contributed by atoms with Gasteiger partial charge in [-0.1, -0.05) is 0 Å². The van der Waals surface area contributed by atoms with Crippen molar-refractivity contribution in [3.8, 4) is 0 Å². The zero-order valence-corrected chi connectivity index (χ0v) is 11.0. The maximum atomic E-state index is 8.97. The average molecular weight is 262 g/mol. The molecule has 7 nitrogen and oxygen atoms in total. The Kier molecular flexibility index (Phi) is 3.31. The molecule has 1 aliphatic heterocycles. The third-order valence-corrected chi connectivity index (χ3v) is 3.47. The smallest absolute Gasteiger partial charge is 0.254 e. The van der Waals surface area contributed by atoms with Gasteiger partial charge in [-0.05, 0) is 6.92 Å². The molecule has 1 aliphatic rings. The molecule has 3 rings (SSSR count). The lowest BCUT2D eigenvalue weighted by molar-refractivity contribution is 0.188. The van der Waals surface area contributed by atoms with Gasteiger partial charge in [-0.3, -0.25) is 4.90 Å². The van der Waals surface area contributed by atoms with Gasteiger partial charge in [0.05, 0.1) is 6.61 Å². The van der Waals surface area contributed by atoms with Crippen molar-refractivity contribution < 1.29 is 5.11 Å². The summed E-state index contributed by atoms with van der Waals surface area (Å²) in [6.07, 6.45) is 1.54. The third-order valence-electron chi connectivity index (χ3n) is 3.47. The van der Waals surface area contributed by atoms with Gasteiger partial charge in [-0.15, -0.1) is 0 Å². The number of aliphatic hydroxyl groups is 1. The van der Waals surface area contributed by atoms with Gasteiger partial charge in [0.25, 0.3) is 5.78 Å². The molecule has 0 bridgehead atoms. The molecule has 0 amide bonds. The van der Waals surface area contributed by atoms with Crippen molar-refractivity contribution in [2.45, 2.75) is 6.92 Å². The molecule has 0 spiro atoms. The van der Waals surface area contributed by atoms with Gasteiger partial charge in [0.15, 0.2) is 0 Å². The molecule has 19 heavy (non-hydrogen) atoms. The summed E-state index contributed by atoms with van der Waals surface area (Å²) >= 11 is 0. The number of fused-ring (bicyclic) bond motifs is 1. The molecule has 0 aromatic carbocycles. The Morgan fingerprint density at radius 2 is 2.05 bits per heavy atom. The number of hydrogen-bond donors (Lipinski definition) is 1. The molecule has 0 radical (unpaired) electrons. The maximum absolute atomic E-state index is 8.97. The van der Waals surface area contributed by atoms with Crippen LogP contribution in [0.4, 0.5) is 5.82 Å². The first-order valence-corrected chi connectivity index (χ1v) is 6.53. The van der Waals surface area contributed by atoms with Gasteiger partial charge in [0.1, 0.15) is 12.1 Å². The van der Waals surface area contributed by atoms with Crippen LogP contribution >= 0.6 is 0 Å². The van der Waals surface area contributed by atoms with Crippen molar-refractivity contribution in [1.29, 1.82) is 0 Å². The van der Waals surface area contributed by atoms with Gasteiger partial charge < -0.3 is 10.0 Å². The Bertz CT molecular complexity index is 560. The number of aliphatic hydroxyl groups excluding tert-OH is 1. The molecule has 0 saturated carbocycles. The quantitative estimate of drug-likeness (QED) is 0.808. The van der Waals surface area contributed by atoms with Crippen LogP contribution in [0.25, 0.3) is 5.78 Å². The predicted molar refractivity (Wildman–Crippen MR) is 71.3 cm³/mol. The molecule has 1 fully saturated rings. The van der Waals surface area contributed by atoms with Gasteiger partial charge >= 0.3 is 0 Å². The van der Waals surface area contributed by atoms with Gasteiger partial charge in [-0.2, -0.15) is 14.6 Å². The number of nitrogens with zero attached hydrogens (tertiary/aromatic N) is 6. The van der Waals surface area contributed by atoms with Crippen molar-refractivity contribution in [2.75, 3.05) is 44.2 Å². The summed E-state index contributed by atoms with van der Waals surface area (Å²) in [5.41, 5.74) is 0.952. The summed E-state index contributed by atoms with van der Waals surface area (Å²) in [6, 6.07) is 2.05. The molecule has 0 atom stereocenters. The van der Waals surface area contributed by atoms with Gasteiger partial charge in [0, 0.05) is 44.5 Å². The first kappa shape index (κ1) is 12.3. The summed E-state index contributed by atoms with van der Waals surface area (Å²) in [5, 5.41) is 13.2. The Balaban J connectivity index is 1.83. The molecule has 2 aromatic heterocycles. The fourth-order valence-corrected chi connectivity index (χ4v) is 2.48. The minimum atomic E-state index is 0.224. The van der Waals surface area contributed by atoms with Gasteiger partial charge in [-0.25, -0.2) is 4.98 Å². The van der Waals surface area contributed by atoms with Crippen LogP contribution in [0.5, 0.6) is 0 Å². The molecule has 7 heteroatoms. The van der Waals surface area contributed by atoms with E-state index in [4.69, 9.17) is 5.11 Å². The lowest BCUT2D eigenvalue weighted by atomic mass is 10.3. The van der Waals surface area contributed by atoms with Crippen LogP contribution in [0.15, 0.2) is 12.4 Å². The van der Waals surface area contributed by atoms with E-state index in [1.54, 1.807) is 4.52 Å². The molecule has 0 aliphatic carbocycles. The fraction of sp³-hybridized carbons (Fsp3) is 0.583. The summed E-state index contributed by atoms with van der Waals surface area (Å²) < 4.78 is 1.79. The zero-order chi connectivity index (χ0) is 13.2. The van der Waals surface area contributed by atoms with Crippen molar-refractivity contribution in [3.63, 3.8) is 0 Å². The molecule has 3 heterocycles. The van der Waals surface area contributed by atoms with E-state index in [0.29, 0.717) is 5.78 Å². The molecular formula is C12H18N6O. The number of aryl methyl sites for hydroxylation is 1. The second-order valence-corrected chi connectivity index (χ2v) is 4.78. The number of aromatic nitrogens is 4. The second-order valence-electron chi connectivity index (χ2n) is 4.78. The van der Waals surface area contributed by atoms with Crippen LogP contribution in [0.1, 0.15) is 5.69 Å². The summed E-state index contributed by atoms with van der Waals surface area (Å²) in [5.74, 6) is 1.69. The lowest BCUT2D eigenvalue weighted by Gasteiger charge is -2.35. The van der Waals surface area contributed by atoms with E-state index in [1.165, 1.54) is 6.33 Å². The third kappa shape index (κ3) is 2.39. The summed E-state index contributed by atoms with van der Waals surface area (Å²) in [6.45, 7) is 6.72. The van der Waals surface area contributed by atoms with Crippen LogP contribution < -0.4 is 4.90 Å². The van der Waals surface area contributed by atoms with Crippen LogP contribution in [-0.4, -0.2) is 68.9 Å². The Morgan fingerprint density at radius 1 is 1.26 bits per heavy atom. The van der Waals surface area contributed by atoms with E-state index >= 15 is 0 Å². The predicted octanol–water partition coefficient (Wildman–Crippen LogP) is -0.453. The largest absolute Gasteiger partial charge is 0.395 e. The maximum Gasteiger partial charge on any atom is 0.254 e. The fourth-order valence-electron chi connectivity index (χ4n) is 2.48. The van der Waals surface area contributed by atoms with Crippen molar-refractivity contribution in [3.05, 3.63) is 18.1 Å².